The number of nitrogens with two attached hydrogens (primary N) is 1. The molecule has 0 saturated heterocycles. The van der Waals surface area contributed by atoms with Crippen LogP contribution in [-0.4, -0.2) is 35.3 Å². The van der Waals surface area contributed by atoms with Crippen LogP contribution in [0.15, 0.2) is 24.3 Å². The van der Waals surface area contributed by atoms with Crippen molar-refractivity contribution in [2.75, 3.05) is 12.4 Å². The van der Waals surface area contributed by atoms with Gasteiger partial charge < -0.3 is 16.0 Å². The Morgan fingerprint density at radius 3 is 2.24 bits per heavy atom. The molecule has 0 bridgehead atoms. The van der Waals surface area contributed by atoms with Gasteiger partial charge in [-0.25, -0.2) is 0 Å². The minimum atomic E-state index is -0.740. The van der Waals surface area contributed by atoms with Gasteiger partial charge in [0.1, 0.15) is 0 Å². The molecule has 3 N–H and O–H groups in total. The second-order valence-electron chi connectivity index (χ2n) is 7.60. The van der Waals surface area contributed by atoms with E-state index in [1.165, 1.54) is 19.3 Å². The molecule has 25 heavy (non-hydrogen) atoms. The number of carbonyl (C=O) groups is 2. The van der Waals surface area contributed by atoms with Gasteiger partial charge in [0.15, 0.2) is 0 Å². The molecular weight excluding hydrogens is 314 g/mol. The van der Waals surface area contributed by atoms with Crippen molar-refractivity contribution in [3.8, 4) is 0 Å². The maximum Gasteiger partial charge on any atom is 0.253 e. The number of rotatable bonds is 4. The van der Waals surface area contributed by atoms with Crippen LogP contribution in [0.2, 0.25) is 0 Å². The fourth-order valence-electron chi connectivity index (χ4n) is 4.02. The van der Waals surface area contributed by atoms with E-state index in [4.69, 9.17) is 5.73 Å². The number of nitrogens with one attached hydrogen (secondary N) is 1. The summed E-state index contributed by atoms with van der Waals surface area (Å²) in [6.45, 7) is 0. The quantitative estimate of drug-likeness (QED) is 0.881. The van der Waals surface area contributed by atoms with Crippen molar-refractivity contribution in [2.45, 2.75) is 69.4 Å². The SMILES string of the molecule is CN(C(=O)c1ccc(NC(=O)C2(N)CCCC2)cc1)C1CCCCC1. The topological polar surface area (TPSA) is 75.4 Å². The van der Waals surface area contributed by atoms with Crippen molar-refractivity contribution in [1.29, 1.82) is 0 Å². The highest BCUT2D eigenvalue weighted by Crippen LogP contribution is 2.28. The molecule has 2 fully saturated rings. The number of amides is 2. The Kier molecular flexibility index (Phi) is 5.42. The zero-order chi connectivity index (χ0) is 17.9. The van der Waals surface area contributed by atoms with E-state index >= 15 is 0 Å². The van der Waals surface area contributed by atoms with E-state index < -0.39 is 5.54 Å². The van der Waals surface area contributed by atoms with Gasteiger partial charge in [-0.1, -0.05) is 32.1 Å². The summed E-state index contributed by atoms with van der Waals surface area (Å²) in [6, 6.07) is 7.50. The summed E-state index contributed by atoms with van der Waals surface area (Å²) in [5, 5.41) is 2.89. The first-order valence-corrected chi connectivity index (χ1v) is 9.47. The van der Waals surface area contributed by atoms with Gasteiger partial charge in [0.2, 0.25) is 5.91 Å². The molecule has 0 aliphatic heterocycles. The Bertz CT molecular complexity index is 614. The molecule has 1 aromatic carbocycles. The summed E-state index contributed by atoms with van der Waals surface area (Å²) in [5.74, 6) is -0.0701. The van der Waals surface area contributed by atoms with E-state index in [1.54, 1.807) is 24.3 Å². The molecule has 136 valence electrons. The van der Waals surface area contributed by atoms with Crippen molar-refractivity contribution in [3.05, 3.63) is 29.8 Å². The monoisotopic (exact) mass is 343 g/mol. The standard InChI is InChI=1S/C20H29N3O2/c1-23(17-7-3-2-4-8-17)18(24)15-9-11-16(12-10-15)22-19(25)20(21)13-5-6-14-20/h9-12,17H,2-8,13-14,21H2,1H3,(H,22,25). The molecule has 5 nitrogen and oxygen atoms in total. The van der Waals surface area contributed by atoms with Crippen molar-refractivity contribution in [3.63, 3.8) is 0 Å². The van der Waals surface area contributed by atoms with Gasteiger partial charge >= 0.3 is 0 Å². The molecule has 0 atom stereocenters. The largest absolute Gasteiger partial charge is 0.339 e. The number of anilines is 1. The van der Waals surface area contributed by atoms with Crippen LogP contribution in [0.1, 0.15) is 68.1 Å². The van der Waals surface area contributed by atoms with Gasteiger partial charge in [0.05, 0.1) is 5.54 Å². The average Bonchev–Trinajstić information content (AvgIpc) is 3.10. The Morgan fingerprint density at radius 2 is 1.64 bits per heavy atom. The third kappa shape index (κ3) is 4.03. The Morgan fingerprint density at radius 1 is 1.04 bits per heavy atom. The first-order chi connectivity index (χ1) is 12.0. The van der Waals surface area contributed by atoms with Crippen molar-refractivity contribution in [2.24, 2.45) is 5.73 Å². The molecule has 5 heteroatoms. The first kappa shape index (κ1) is 17.9. The Balaban J connectivity index is 1.61. The molecule has 1 aromatic rings. The smallest absolute Gasteiger partial charge is 0.253 e. The van der Waals surface area contributed by atoms with Crippen LogP contribution in [0.5, 0.6) is 0 Å². The maximum absolute atomic E-state index is 12.7. The molecule has 0 unspecified atom stereocenters. The van der Waals surface area contributed by atoms with Crippen molar-refractivity contribution in [1.82, 2.24) is 4.90 Å². The van der Waals surface area contributed by atoms with Crippen LogP contribution in [0, 0.1) is 0 Å². The van der Waals surface area contributed by atoms with E-state index in [0.717, 1.165) is 38.5 Å². The number of benzene rings is 1. The summed E-state index contributed by atoms with van der Waals surface area (Å²) in [6.07, 6.45) is 9.35. The Hall–Kier alpha value is -1.88. The lowest BCUT2D eigenvalue weighted by Crippen LogP contribution is -2.48. The highest BCUT2D eigenvalue weighted by Gasteiger charge is 2.37. The fourth-order valence-corrected chi connectivity index (χ4v) is 4.02. The van der Waals surface area contributed by atoms with E-state index in [0.29, 0.717) is 17.3 Å². The van der Waals surface area contributed by atoms with E-state index in [-0.39, 0.29) is 11.8 Å². The van der Waals surface area contributed by atoms with Gasteiger partial charge in [-0.2, -0.15) is 0 Å². The summed E-state index contributed by atoms with van der Waals surface area (Å²) in [4.78, 5) is 26.9. The zero-order valence-corrected chi connectivity index (χ0v) is 15.1. The second-order valence-corrected chi connectivity index (χ2v) is 7.60. The number of hydrogen-bond acceptors (Lipinski definition) is 3. The third-order valence-electron chi connectivity index (χ3n) is 5.78. The molecule has 3 rings (SSSR count). The second kappa shape index (κ2) is 7.56. The van der Waals surface area contributed by atoms with Crippen LogP contribution in [0.25, 0.3) is 0 Å². The molecule has 0 spiro atoms. The van der Waals surface area contributed by atoms with Crippen LogP contribution >= 0.6 is 0 Å². The minimum Gasteiger partial charge on any atom is -0.339 e. The average molecular weight is 343 g/mol. The van der Waals surface area contributed by atoms with Crippen LogP contribution in [0.3, 0.4) is 0 Å². The normalized spacial score (nSPS) is 20.2. The zero-order valence-electron chi connectivity index (χ0n) is 15.1. The predicted octanol–water partition coefficient (Wildman–Crippen LogP) is 3.30. The number of hydrogen-bond donors (Lipinski definition) is 2. The van der Waals surface area contributed by atoms with Gasteiger partial charge in [-0.05, 0) is 49.9 Å². The summed E-state index contributed by atoms with van der Waals surface area (Å²) in [7, 11) is 1.90. The van der Waals surface area contributed by atoms with Gasteiger partial charge in [0, 0.05) is 24.3 Å². The fraction of sp³-hybridized carbons (Fsp3) is 0.600. The highest BCUT2D eigenvalue weighted by molar-refractivity contribution is 5.99. The lowest BCUT2D eigenvalue weighted by molar-refractivity contribution is -0.121. The third-order valence-corrected chi connectivity index (χ3v) is 5.78. The molecule has 2 aliphatic rings. The lowest BCUT2D eigenvalue weighted by Gasteiger charge is -2.31. The van der Waals surface area contributed by atoms with Crippen molar-refractivity contribution < 1.29 is 9.59 Å². The predicted molar refractivity (Wildman–Crippen MR) is 99.4 cm³/mol. The minimum absolute atomic E-state index is 0.0517. The molecule has 0 aromatic heterocycles. The molecule has 2 amide bonds. The molecule has 0 heterocycles. The van der Waals surface area contributed by atoms with Crippen LogP contribution in [-0.2, 0) is 4.79 Å². The highest BCUT2D eigenvalue weighted by atomic mass is 16.2. The molecule has 0 radical (unpaired) electrons. The van der Waals surface area contributed by atoms with Gasteiger partial charge in [0.25, 0.3) is 5.91 Å². The summed E-state index contributed by atoms with van der Waals surface area (Å²) < 4.78 is 0. The molecule has 2 aliphatic carbocycles. The first-order valence-electron chi connectivity index (χ1n) is 9.47. The number of carbonyl (C=O) groups excluding carboxylic acids is 2. The number of nitrogens with zero attached hydrogens (tertiary/aromatic N) is 1. The van der Waals surface area contributed by atoms with Crippen LogP contribution < -0.4 is 11.1 Å². The van der Waals surface area contributed by atoms with Crippen LogP contribution in [0.4, 0.5) is 5.69 Å². The van der Waals surface area contributed by atoms with Gasteiger partial charge in [-0.15, -0.1) is 0 Å². The summed E-state index contributed by atoms with van der Waals surface area (Å²) >= 11 is 0. The lowest BCUT2D eigenvalue weighted by atomic mass is 9.94. The van der Waals surface area contributed by atoms with Gasteiger partial charge in [-0.3, -0.25) is 9.59 Å². The summed E-state index contributed by atoms with van der Waals surface area (Å²) in [5.41, 5.74) is 6.79. The molecule has 2 saturated carbocycles. The maximum atomic E-state index is 12.7. The Labute approximate surface area is 150 Å². The van der Waals surface area contributed by atoms with Crippen molar-refractivity contribution >= 4 is 17.5 Å². The van der Waals surface area contributed by atoms with E-state index in [2.05, 4.69) is 5.32 Å². The molecular formula is C20H29N3O2. The van der Waals surface area contributed by atoms with E-state index in [1.807, 2.05) is 11.9 Å². The van der Waals surface area contributed by atoms with E-state index in [9.17, 15) is 9.59 Å².